The SMILES string of the molecule is N#Cc1ccc(-c2ccc(-n3c4ccccc4c4cc(-c5ccccc5)ccc43)c(-c3ccc(-n4c5ccccc5c5cc(-c6ccccc6)ccc54)c(-c4nc(-c5ccccc5)nc(-c5ccccc5)n4)c3)c2)cc1. The van der Waals surface area contributed by atoms with Gasteiger partial charge in [-0.15, -0.1) is 0 Å². The third-order valence-corrected chi connectivity index (χ3v) is 14.6. The van der Waals surface area contributed by atoms with E-state index < -0.39 is 0 Å². The highest BCUT2D eigenvalue weighted by Gasteiger charge is 2.23. The zero-order chi connectivity index (χ0) is 50.5. The van der Waals surface area contributed by atoms with E-state index in [0.29, 0.717) is 23.0 Å². The van der Waals surface area contributed by atoms with Gasteiger partial charge in [0.1, 0.15) is 0 Å². The fraction of sp³-hybridized carbons (Fsp3) is 0. The summed E-state index contributed by atoms with van der Waals surface area (Å²) in [6.07, 6.45) is 0. The molecule has 3 aromatic heterocycles. The minimum Gasteiger partial charge on any atom is -0.309 e. The number of benzene rings is 11. The van der Waals surface area contributed by atoms with E-state index in [4.69, 9.17) is 15.0 Å². The molecule has 76 heavy (non-hydrogen) atoms. The Balaban J connectivity index is 1.06. The average molecular weight is 969 g/mol. The summed E-state index contributed by atoms with van der Waals surface area (Å²) in [6.45, 7) is 0. The number of fused-ring (bicyclic) bond motifs is 6. The lowest BCUT2D eigenvalue weighted by Gasteiger charge is -2.19. The van der Waals surface area contributed by atoms with Crippen molar-refractivity contribution in [3.8, 4) is 96.1 Å². The van der Waals surface area contributed by atoms with Crippen molar-refractivity contribution in [2.45, 2.75) is 0 Å². The van der Waals surface area contributed by atoms with Crippen molar-refractivity contribution in [1.82, 2.24) is 24.1 Å². The van der Waals surface area contributed by atoms with Gasteiger partial charge in [0.05, 0.1) is 45.1 Å². The molecule has 14 aromatic rings. The summed E-state index contributed by atoms with van der Waals surface area (Å²) in [7, 11) is 0. The maximum Gasteiger partial charge on any atom is 0.166 e. The standard InChI is InChI=1S/C70H44N6/c71-45-46-29-31-49(32-30-46)52-33-37-64(75-62-27-15-13-25-56(62)59-42-53(34-38-65(59)75)47-17-5-1-6-18-47)58(41-52)55-36-40-67(76-63-28-16-14-26-57(63)60-43-54(35-39-66(60)76)48-19-7-2-8-20-48)61(44-55)70-73-68(50-21-9-3-10-22-50)72-69(74-70)51-23-11-4-12-24-51/h1-44H. The molecule has 0 saturated carbocycles. The summed E-state index contributed by atoms with van der Waals surface area (Å²) in [5.41, 5.74) is 18.2. The van der Waals surface area contributed by atoms with Crippen LogP contribution >= 0.6 is 0 Å². The number of para-hydroxylation sites is 2. The van der Waals surface area contributed by atoms with Crippen molar-refractivity contribution in [2.75, 3.05) is 0 Å². The summed E-state index contributed by atoms with van der Waals surface area (Å²) in [4.78, 5) is 16.0. The topological polar surface area (TPSA) is 72.3 Å². The second-order valence-electron chi connectivity index (χ2n) is 19.1. The second-order valence-corrected chi connectivity index (χ2v) is 19.1. The molecule has 6 nitrogen and oxygen atoms in total. The zero-order valence-electron chi connectivity index (χ0n) is 41.1. The molecule has 0 aliphatic heterocycles. The molecule has 0 radical (unpaired) electrons. The van der Waals surface area contributed by atoms with Crippen LogP contribution in [0.2, 0.25) is 0 Å². The van der Waals surface area contributed by atoms with Gasteiger partial charge in [-0.3, -0.25) is 0 Å². The second kappa shape index (κ2) is 18.5. The van der Waals surface area contributed by atoms with Crippen LogP contribution in [0.1, 0.15) is 5.56 Å². The highest BCUT2D eigenvalue weighted by Crippen LogP contribution is 2.43. The Morgan fingerprint density at radius 2 is 0.618 bits per heavy atom. The van der Waals surface area contributed by atoms with Gasteiger partial charge in [0.2, 0.25) is 0 Å². The summed E-state index contributed by atoms with van der Waals surface area (Å²) >= 11 is 0. The van der Waals surface area contributed by atoms with Gasteiger partial charge in [0, 0.05) is 43.8 Å². The quantitative estimate of drug-likeness (QED) is 0.144. The van der Waals surface area contributed by atoms with Gasteiger partial charge in [-0.1, -0.05) is 194 Å². The molecule has 11 aromatic carbocycles. The van der Waals surface area contributed by atoms with Gasteiger partial charge in [0.15, 0.2) is 17.5 Å². The number of aromatic nitrogens is 5. The van der Waals surface area contributed by atoms with E-state index in [-0.39, 0.29) is 0 Å². The molecule has 0 spiro atoms. The van der Waals surface area contributed by atoms with Crippen LogP contribution in [-0.4, -0.2) is 24.1 Å². The third kappa shape index (κ3) is 7.70. The molecule has 0 aliphatic rings. The number of nitriles is 1. The van der Waals surface area contributed by atoms with Gasteiger partial charge in [-0.05, 0) is 112 Å². The lowest BCUT2D eigenvalue weighted by Crippen LogP contribution is -2.04. The predicted octanol–water partition coefficient (Wildman–Crippen LogP) is 17.6. The minimum atomic E-state index is 0.548. The average Bonchev–Trinajstić information content (AvgIpc) is 4.05. The number of rotatable bonds is 9. The van der Waals surface area contributed by atoms with E-state index in [1.807, 2.05) is 60.7 Å². The zero-order valence-corrected chi connectivity index (χ0v) is 41.1. The molecular weight excluding hydrogens is 925 g/mol. The van der Waals surface area contributed by atoms with E-state index in [1.54, 1.807) is 0 Å². The van der Waals surface area contributed by atoms with Crippen LogP contribution in [0.25, 0.3) is 134 Å². The van der Waals surface area contributed by atoms with Crippen LogP contribution in [-0.2, 0) is 0 Å². The van der Waals surface area contributed by atoms with Crippen molar-refractivity contribution in [1.29, 1.82) is 5.26 Å². The first-order valence-corrected chi connectivity index (χ1v) is 25.5. The fourth-order valence-electron chi connectivity index (χ4n) is 11.0. The lowest BCUT2D eigenvalue weighted by atomic mass is 9.94. The molecular formula is C70H44N6. The highest BCUT2D eigenvalue weighted by atomic mass is 15.1. The number of hydrogen-bond acceptors (Lipinski definition) is 4. The molecule has 0 aliphatic carbocycles. The highest BCUT2D eigenvalue weighted by molar-refractivity contribution is 6.12. The van der Waals surface area contributed by atoms with Gasteiger partial charge in [-0.2, -0.15) is 5.26 Å². The van der Waals surface area contributed by atoms with Gasteiger partial charge in [-0.25, -0.2) is 15.0 Å². The lowest BCUT2D eigenvalue weighted by molar-refractivity contribution is 1.06. The Morgan fingerprint density at radius 3 is 1.12 bits per heavy atom. The normalized spacial score (nSPS) is 11.4. The first-order chi connectivity index (χ1) is 37.6. The largest absolute Gasteiger partial charge is 0.309 e. The predicted molar refractivity (Wildman–Crippen MR) is 311 cm³/mol. The van der Waals surface area contributed by atoms with Crippen molar-refractivity contribution in [3.63, 3.8) is 0 Å². The molecule has 0 fully saturated rings. The summed E-state index contributed by atoms with van der Waals surface area (Å²) in [5, 5.41) is 14.4. The Labute approximate surface area is 439 Å². The van der Waals surface area contributed by atoms with E-state index in [9.17, 15) is 5.26 Å². The minimum absolute atomic E-state index is 0.548. The molecule has 0 saturated heterocycles. The van der Waals surface area contributed by atoms with E-state index in [2.05, 4.69) is 221 Å². The molecule has 3 heterocycles. The molecule has 0 atom stereocenters. The van der Waals surface area contributed by atoms with E-state index in [0.717, 1.165) is 99.8 Å². The van der Waals surface area contributed by atoms with Gasteiger partial charge >= 0.3 is 0 Å². The monoisotopic (exact) mass is 968 g/mol. The van der Waals surface area contributed by atoms with Crippen molar-refractivity contribution >= 4 is 43.6 Å². The maximum atomic E-state index is 9.77. The summed E-state index contributed by atoms with van der Waals surface area (Å²) in [6, 6.07) is 96.1. The van der Waals surface area contributed by atoms with Crippen LogP contribution < -0.4 is 0 Å². The first-order valence-electron chi connectivity index (χ1n) is 25.5. The maximum absolute atomic E-state index is 9.77. The Morgan fingerprint density at radius 1 is 0.263 bits per heavy atom. The fourth-order valence-corrected chi connectivity index (χ4v) is 11.0. The molecule has 6 heteroatoms. The molecule has 0 bridgehead atoms. The van der Waals surface area contributed by atoms with Crippen molar-refractivity contribution in [3.05, 3.63) is 272 Å². The van der Waals surface area contributed by atoms with Gasteiger partial charge in [0.25, 0.3) is 0 Å². The summed E-state index contributed by atoms with van der Waals surface area (Å²) in [5.74, 6) is 1.71. The van der Waals surface area contributed by atoms with Crippen LogP contribution in [0.15, 0.2) is 267 Å². The van der Waals surface area contributed by atoms with Crippen molar-refractivity contribution < 1.29 is 0 Å². The number of nitrogens with zero attached hydrogens (tertiary/aromatic N) is 6. The Kier molecular flexibility index (Phi) is 10.8. The van der Waals surface area contributed by atoms with E-state index >= 15 is 0 Å². The molecule has 0 amide bonds. The van der Waals surface area contributed by atoms with Crippen molar-refractivity contribution in [2.24, 2.45) is 0 Å². The first kappa shape index (κ1) is 44.2. The van der Waals surface area contributed by atoms with E-state index in [1.165, 1.54) is 16.3 Å². The van der Waals surface area contributed by atoms with Crippen LogP contribution in [0.5, 0.6) is 0 Å². The number of hydrogen-bond donors (Lipinski definition) is 0. The molecule has 0 unspecified atom stereocenters. The Bertz CT molecular complexity index is 4500. The third-order valence-electron chi connectivity index (χ3n) is 14.6. The van der Waals surface area contributed by atoms with Crippen LogP contribution in [0.4, 0.5) is 0 Å². The Hall–Kier alpha value is -10.5. The van der Waals surface area contributed by atoms with Gasteiger partial charge < -0.3 is 9.13 Å². The molecule has 354 valence electrons. The van der Waals surface area contributed by atoms with Crippen LogP contribution in [0, 0.1) is 11.3 Å². The molecule has 14 rings (SSSR count). The smallest absolute Gasteiger partial charge is 0.166 e. The van der Waals surface area contributed by atoms with Crippen LogP contribution in [0.3, 0.4) is 0 Å². The summed E-state index contributed by atoms with van der Waals surface area (Å²) < 4.78 is 4.78. The molecule has 0 N–H and O–H groups in total.